The van der Waals surface area contributed by atoms with Crippen molar-refractivity contribution in [3.63, 3.8) is 0 Å². The van der Waals surface area contributed by atoms with Crippen LogP contribution in [0.15, 0.2) is 42.5 Å². The summed E-state index contributed by atoms with van der Waals surface area (Å²) in [5.74, 6) is -0.118. The molecule has 1 aliphatic heterocycles. The molecular weight excluding hydrogens is 530 g/mol. The maximum atomic E-state index is 14.8. The molecule has 11 heteroatoms. The molecule has 1 saturated heterocycles. The summed E-state index contributed by atoms with van der Waals surface area (Å²) in [7, 11) is 0. The van der Waals surface area contributed by atoms with E-state index in [2.05, 4.69) is 31.5 Å². The van der Waals surface area contributed by atoms with Gasteiger partial charge in [0.15, 0.2) is 5.65 Å². The summed E-state index contributed by atoms with van der Waals surface area (Å²) < 4.78 is 20.7. The Kier molecular flexibility index (Phi) is 9.89. The molecule has 1 aliphatic rings. The number of aromatic amines is 1. The van der Waals surface area contributed by atoms with Crippen LogP contribution in [0.4, 0.5) is 4.39 Å². The van der Waals surface area contributed by atoms with Gasteiger partial charge in [0, 0.05) is 55.6 Å². The van der Waals surface area contributed by atoms with E-state index < -0.39 is 5.82 Å². The zero-order chi connectivity index (χ0) is 25.1. The van der Waals surface area contributed by atoms with Crippen LogP contribution < -0.4 is 10.1 Å². The molecule has 5 rings (SSSR count). The van der Waals surface area contributed by atoms with Crippen molar-refractivity contribution >= 4 is 35.8 Å². The van der Waals surface area contributed by atoms with E-state index in [4.69, 9.17) is 4.74 Å². The Balaban J connectivity index is 0.00000200. The molecule has 2 aromatic heterocycles. The molecule has 0 unspecified atom stereocenters. The fourth-order valence-corrected chi connectivity index (χ4v) is 4.62. The summed E-state index contributed by atoms with van der Waals surface area (Å²) in [6, 6.07) is 13.6. The molecule has 1 fully saturated rings. The summed E-state index contributed by atoms with van der Waals surface area (Å²) in [6.45, 7) is 7.70. The zero-order valence-electron chi connectivity index (χ0n) is 20.8. The van der Waals surface area contributed by atoms with Crippen molar-refractivity contribution in [2.24, 2.45) is 0 Å². The highest BCUT2D eigenvalue weighted by Crippen LogP contribution is 2.39. The van der Waals surface area contributed by atoms with Crippen LogP contribution in [0.3, 0.4) is 0 Å². The average Bonchev–Trinajstić information content (AvgIpc) is 3.27. The number of halogens is 3. The third kappa shape index (κ3) is 6.00. The lowest BCUT2D eigenvalue weighted by Crippen LogP contribution is -2.43. The SMILES string of the molecule is Cc1[nH]nc2nc(-c3ccc(O)cc3F)c(C#N)c(-c3ccc(OCCCN4CCNCC4)cc3)c12.Cl.Cl. The van der Waals surface area contributed by atoms with Crippen molar-refractivity contribution in [1.29, 1.82) is 5.26 Å². The highest BCUT2D eigenvalue weighted by atomic mass is 35.5. The number of fused-ring (bicyclic) bond motifs is 1. The first-order valence-corrected chi connectivity index (χ1v) is 12.0. The van der Waals surface area contributed by atoms with Gasteiger partial charge in [0.05, 0.1) is 23.3 Å². The fourth-order valence-electron chi connectivity index (χ4n) is 4.62. The largest absolute Gasteiger partial charge is 0.508 e. The van der Waals surface area contributed by atoms with Crippen LogP contribution >= 0.6 is 24.8 Å². The molecule has 38 heavy (non-hydrogen) atoms. The first-order chi connectivity index (χ1) is 17.5. The van der Waals surface area contributed by atoms with E-state index in [9.17, 15) is 14.8 Å². The predicted octanol–water partition coefficient (Wildman–Crippen LogP) is 4.83. The lowest BCUT2D eigenvalue weighted by molar-refractivity contribution is 0.214. The van der Waals surface area contributed by atoms with Crippen molar-refractivity contribution in [2.75, 3.05) is 39.3 Å². The molecule has 0 atom stereocenters. The number of nitrogens with zero attached hydrogens (tertiary/aromatic N) is 4. The van der Waals surface area contributed by atoms with Gasteiger partial charge in [-0.2, -0.15) is 10.4 Å². The van der Waals surface area contributed by atoms with E-state index in [1.807, 2.05) is 31.2 Å². The number of nitriles is 1. The summed E-state index contributed by atoms with van der Waals surface area (Å²) >= 11 is 0. The number of nitrogens with one attached hydrogen (secondary N) is 2. The molecule has 8 nitrogen and oxygen atoms in total. The second-order valence-corrected chi connectivity index (χ2v) is 8.85. The quantitative estimate of drug-likeness (QED) is 0.278. The van der Waals surface area contributed by atoms with E-state index in [1.54, 1.807) is 0 Å². The second-order valence-electron chi connectivity index (χ2n) is 8.85. The Bertz CT molecular complexity index is 1430. The summed E-state index contributed by atoms with van der Waals surface area (Å²) in [4.78, 5) is 6.93. The number of rotatable bonds is 7. The molecule has 3 N–H and O–H groups in total. The Morgan fingerprint density at radius 2 is 1.87 bits per heavy atom. The number of hydrogen-bond donors (Lipinski definition) is 3. The zero-order valence-corrected chi connectivity index (χ0v) is 22.5. The monoisotopic (exact) mass is 558 g/mol. The van der Waals surface area contributed by atoms with E-state index in [1.165, 1.54) is 12.1 Å². The van der Waals surface area contributed by atoms with E-state index in [0.717, 1.165) is 62.2 Å². The van der Waals surface area contributed by atoms with Crippen molar-refractivity contribution in [3.05, 3.63) is 59.5 Å². The van der Waals surface area contributed by atoms with Crippen LogP contribution in [0.5, 0.6) is 11.5 Å². The standard InChI is InChI=1S/C27H27FN6O2.2ClH/c1-17-24-25(18-3-6-20(7-4-18)36-14-2-11-34-12-9-30-10-13-34)22(16-29)26(31-27(24)33-32-17)21-8-5-19(35)15-23(21)28;;/h3-8,15,30,35H,2,9-14H2,1H3,(H,31,32,33);2*1H. The molecule has 4 aromatic rings. The number of piperazine rings is 1. The molecule has 0 saturated carbocycles. The lowest BCUT2D eigenvalue weighted by atomic mass is 9.93. The third-order valence-corrected chi connectivity index (χ3v) is 6.44. The first-order valence-electron chi connectivity index (χ1n) is 12.0. The van der Waals surface area contributed by atoms with Crippen molar-refractivity contribution in [1.82, 2.24) is 25.4 Å². The predicted molar refractivity (Wildman–Crippen MR) is 150 cm³/mol. The van der Waals surface area contributed by atoms with Crippen LogP contribution in [-0.2, 0) is 0 Å². The van der Waals surface area contributed by atoms with E-state index >= 15 is 0 Å². The number of phenolic OH excluding ortho intramolecular Hbond substituents is 1. The second kappa shape index (κ2) is 12.9. The molecule has 0 aliphatic carbocycles. The average molecular weight is 559 g/mol. The number of ether oxygens (including phenoxy) is 1. The van der Waals surface area contributed by atoms with Gasteiger partial charge in [-0.3, -0.25) is 5.10 Å². The number of H-pyrrole nitrogens is 1. The van der Waals surface area contributed by atoms with Gasteiger partial charge < -0.3 is 20.1 Å². The maximum Gasteiger partial charge on any atom is 0.182 e. The van der Waals surface area contributed by atoms with Gasteiger partial charge >= 0.3 is 0 Å². The van der Waals surface area contributed by atoms with E-state index in [-0.39, 0.29) is 47.4 Å². The first kappa shape index (κ1) is 29.1. The third-order valence-electron chi connectivity index (χ3n) is 6.44. The molecule has 0 spiro atoms. The van der Waals surface area contributed by atoms with Gasteiger partial charge in [-0.1, -0.05) is 12.1 Å². The number of hydrogen-bond acceptors (Lipinski definition) is 7. The van der Waals surface area contributed by atoms with Crippen LogP contribution in [0.25, 0.3) is 33.4 Å². The van der Waals surface area contributed by atoms with Crippen molar-refractivity contribution in [3.8, 4) is 40.0 Å². The minimum atomic E-state index is -0.666. The van der Waals surface area contributed by atoms with Crippen LogP contribution in [0.1, 0.15) is 17.7 Å². The number of aromatic nitrogens is 3. The molecule has 3 heterocycles. The van der Waals surface area contributed by atoms with Crippen LogP contribution in [0.2, 0.25) is 0 Å². The van der Waals surface area contributed by atoms with Gasteiger partial charge in [0.25, 0.3) is 0 Å². The van der Waals surface area contributed by atoms with Gasteiger partial charge in [0.2, 0.25) is 0 Å². The fraction of sp³-hybridized carbons (Fsp3) is 0.296. The Hall–Kier alpha value is -3.42. The minimum absolute atomic E-state index is 0. The Morgan fingerprint density at radius 1 is 1.13 bits per heavy atom. The maximum absolute atomic E-state index is 14.8. The number of aryl methyl sites for hydroxylation is 1. The summed E-state index contributed by atoms with van der Waals surface area (Å²) in [5.41, 5.74) is 3.09. The molecule has 0 bridgehead atoms. The number of pyridine rings is 1. The Morgan fingerprint density at radius 3 is 2.55 bits per heavy atom. The van der Waals surface area contributed by atoms with Crippen LogP contribution in [-0.4, -0.2) is 64.5 Å². The minimum Gasteiger partial charge on any atom is -0.508 e. The summed E-state index contributed by atoms with van der Waals surface area (Å²) in [5, 5.41) is 31.0. The molecule has 0 radical (unpaired) electrons. The number of aromatic hydroxyl groups is 1. The van der Waals surface area contributed by atoms with Crippen LogP contribution in [0, 0.1) is 24.1 Å². The van der Waals surface area contributed by atoms with Gasteiger partial charge in [-0.15, -0.1) is 24.8 Å². The summed E-state index contributed by atoms with van der Waals surface area (Å²) in [6.07, 6.45) is 0.946. The smallest absolute Gasteiger partial charge is 0.182 e. The number of phenols is 1. The molecule has 200 valence electrons. The van der Waals surface area contributed by atoms with Gasteiger partial charge in [0.1, 0.15) is 23.4 Å². The lowest BCUT2D eigenvalue weighted by Gasteiger charge is -2.26. The van der Waals surface area contributed by atoms with Crippen molar-refractivity contribution in [2.45, 2.75) is 13.3 Å². The molecule has 2 aromatic carbocycles. The van der Waals surface area contributed by atoms with Gasteiger partial charge in [-0.05, 0) is 43.2 Å². The van der Waals surface area contributed by atoms with Gasteiger partial charge in [-0.25, -0.2) is 9.37 Å². The highest BCUT2D eigenvalue weighted by molar-refractivity contribution is 6.00. The molecule has 0 amide bonds. The topological polar surface area (TPSA) is 110 Å². The normalized spacial score (nSPS) is 13.4. The molecular formula is C27H29Cl2FN6O2. The highest BCUT2D eigenvalue weighted by Gasteiger charge is 2.23. The van der Waals surface area contributed by atoms with Crippen molar-refractivity contribution < 1.29 is 14.2 Å². The number of benzene rings is 2. The Labute approximate surface area is 232 Å². The van der Waals surface area contributed by atoms with E-state index in [0.29, 0.717) is 23.2 Å².